The summed E-state index contributed by atoms with van der Waals surface area (Å²) < 4.78 is 70.9. The third kappa shape index (κ3) is 6.85. The Kier molecular flexibility index (Phi) is 10.1. The number of piperazine rings is 1. The highest BCUT2D eigenvalue weighted by molar-refractivity contribution is 6.02. The van der Waals surface area contributed by atoms with Gasteiger partial charge in [-0.15, -0.1) is 0 Å². The summed E-state index contributed by atoms with van der Waals surface area (Å²) >= 11 is 0. The van der Waals surface area contributed by atoms with Crippen LogP contribution < -0.4 is 20.1 Å². The number of fused-ring (bicyclic) bond motifs is 5. The summed E-state index contributed by atoms with van der Waals surface area (Å²) in [6.45, 7) is 9.30. The lowest BCUT2D eigenvalue weighted by molar-refractivity contribution is 0.0122. The quantitative estimate of drug-likeness (QED) is 0.174. The van der Waals surface area contributed by atoms with Gasteiger partial charge in [-0.3, -0.25) is 9.80 Å². The predicted octanol–water partition coefficient (Wildman–Crippen LogP) is 6.67. The van der Waals surface area contributed by atoms with Crippen molar-refractivity contribution < 1.29 is 36.9 Å². The number of anilines is 1. The van der Waals surface area contributed by atoms with E-state index in [1.165, 1.54) is 13.2 Å². The number of carbonyl (C=O) groups is 1. The number of hydrogen-bond acceptors (Lipinski definition) is 11. The van der Waals surface area contributed by atoms with Gasteiger partial charge >= 0.3 is 12.1 Å². The van der Waals surface area contributed by atoms with E-state index in [1.54, 1.807) is 18.2 Å². The Morgan fingerprint density at radius 1 is 1.04 bits per heavy atom. The van der Waals surface area contributed by atoms with E-state index in [1.807, 2.05) is 37.5 Å². The van der Waals surface area contributed by atoms with Crippen molar-refractivity contribution in [2.24, 2.45) is 5.73 Å². The standard InChI is InChI=1S/C41H50F3N7O5/c1-6-28-30(43)11-8-23-14-27(55-22-53-5)15-29(32(23)28)35-34(44)36-33(31(17-45)46-35)37(48-38(47-36)54-21-41-12-7-13-50(41)18-24(42)16-41)49-19-25-9-10-26(20-49)51(25)39(52)56-40(2,3)4/h8,11,14-15,24-26H,6-7,9-10,12-13,16-22,45H2,1-5H3/t24-,25-,26+,41+/m1/s1. The first-order valence-electron chi connectivity index (χ1n) is 19.6. The first-order chi connectivity index (χ1) is 26.8. The van der Waals surface area contributed by atoms with Gasteiger partial charge in [-0.05, 0) is 94.0 Å². The molecule has 1 amide bonds. The lowest BCUT2D eigenvalue weighted by Gasteiger charge is -2.42. The van der Waals surface area contributed by atoms with E-state index < -0.39 is 28.9 Å². The number of amides is 1. The van der Waals surface area contributed by atoms with Gasteiger partial charge in [0, 0.05) is 45.3 Å². The number of nitrogens with two attached hydrogens (primary N) is 1. The molecule has 0 aliphatic carbocycles. The second-order valence-corrected chi connectivity index (χ2v) is 16.5. The van der Waals surface area contributed by atoms with Crippen molar-refractivity contribution in [2.75, 3.05) is 51.6 Å². The summed E-state index contributed by atoms with van der Waals surface area (Å²) in [7, 11) is 1.50. The van der Waals surface area contributed by atoms with E-state index in [0.29, 0.717) is 77.0 Å². The molecule has 0 unspecified atom stereocenters. The van der Waals surface area contributed by atoms with Crippen LogP contribution >= 0.6 is 0 Å². The first kappa shape index (κ1) is 38.4. The molecule has 0 spiro atoms. The zero-order chi connectivity index (χ0) is 39.5. The molecule has 4 aromatic rings. The Morgan fingerprint density at radius 3 is 2.50 bits per heavy atom. The first-order valence-corrected chi connectivity index (χ1v) is 19.6. The lowest BCUT2D eigenvalue weighted by Crippen LogP contribution is -2.57. The molecule has 8 rings (SSSR count). The molecule has 4 atom stereocenters. The zero-order valence-corrected chi connectivity index (χ0v) is 32.7. The van der Waals surface area contributed by atoms with Crippen LogP contribution in [-0.2, 0) is 22.4 Å². The van der Waals surface area contributed by atoms with Gasteiger partial charge in [0.25, 0.3) is 0 Å². The van der Waals surface area contributed by atoms with Gasteiger partial charge in [-0.1, -0.05) is 13.0 Å². The average Bonchev–Trinajstić information content (AvgIpc) is 3.78. The Balaban J connectivity index is 1.28. The summed E-state index contributed by atoms with van der Waals surface area (Å²) in [6, 6.07) is 6.00. The van der Waals surface area contributed by atoms with Crippen LogP contribution in [-0.4, -0.2) is 107 Å². The number of methoxy groups -OCH3 is 1. The zero-order valence-electron chi connectivity index (χ0n) is 32.7. The Hall–Kier alpha value is -4.47. The monoisotopic (exact) mass is 777 g/mol. The summed E-state index contributed by atoms with van der Waals surface area (Å²) in [5.41, 5.74) is 6.20. The van der Waals surface area contributed by atoms with Gasteiger partial charge in [0.2, 0.25) is 0 Å². The average molecular weight is 778 g/mol. The van der Waals surface area contributed by atoms with Crippen LogP contribution in [0.15, 0.2) is 24.3 Å². The Labute approximate surface area is 324 Å². The number of benzene rings is 2. The number of ether oxygens (including phenoxy) is 4. The predicted molar refractivity (Wildman–Crippen MR) is 206 cm³/mol. The molecule has 2 aromatic carbocycles. The van der Waals surface area contributed by atoms with Crippen molar-refractivity contribution in [3.05, 3.63) is 47.2 Å². The SMILES string of the molecule is CCc1c(F)ccc2cc(OCOC)cc(-c3nc(CN)c4c(N5C[C@H]6CC[C@@H](C5)N6C(=O)OC(C)(C)C)nc(OC[C@@]56CCCN5C[C@H](F)C6)nc4c3F)c12. The maximum atomic E-state index is 17.6. The lowest BCUT2D eigenvalue weighted by atomic mass is 9.94. The number of alkyl halides is 1. The largest absolute Gasteiger partial charge is 0.468 e. The minimum Gasteiger partial charge on any atom is -0.468 e. The highest BCUT2D eigenvalue weighted by Gasteiger charge is 2.50. The molecule has 0 saturated carbocycles. The molecule has 2 aromatic heterocycles. The van der Waals surface area contributed by atoms with Crippen LogP contribution in [0.5, 0.6) is 11.8 Å². The van der Waals surface area contributed by atoms with E-state index in [9.17, 15) is 9.18 Å². The van der Waals surface area contributed by atoms with E-state index in [-0.39, 0.29) is 55.3 Å². The second kappa shape index (κ2) is 14.8. The second-order valence-electron chi connectivity index (χ2n) is 16.5. The Morgan fingerprint density at radius 2 is 1.80 bits per heavy atom. The fourth-order valence-corrected chi connectivity index (χ4v) is 9.39. The third-order valence-electron chi connectivity index (χ3n) is 11.7. The number of carbonyl (C=O) groups excluding carboxylic acids is 1. The maximum absolute atomic E-state index is 17.6. The highest BCUT2D eigenvalue weighted by Crippen LogP contribution is 2.44. The van der Waals surface area contributed by atoms with E-state index in [4.69, 9.17) is 39.6 Å². The fourth-order valence-electron chi connectivity index (χ4n) is 9.39. The van der Waals surface area contributed by atoms with Gasteiger partial charge < -0.3 is 29.6 Å². The van der Waals surface area contributed by atoms with Crippen LogP contribution in [0.25, 0.3) is 32.9 Å². The summed E-state index contributed by atoms with van der Waals surface area (Å²) in [5, 5.41) is 1.46. The minimum absolute atomic E-state index is 0.0562. The summed E-state index contributed by atoms with van der Waals surface area (Å²) in [5.74, 6) is -0.410. The van der Waals surface area contributed by atoms with E-state index >= 15 is 8.78 Å². The molecule has 12 nitrogen and oxygen atoms in total. The van der Waals surface area contributed by atoms with Crippen molar-refractivity contribution in [1.82, 2.24) is 24.8 Å². The normalized spacial score (nSPS) is 23.7. The van der Waals surface area contributed by atoms with Gasteiger partial charge in [-0.25, -0.2) is 22.9 Å². The molecule has 4 aliphatic heterocycles. The fraction of sp³-hybridized carbons (Fsp3) is 0.561. The maximum Gasteiger partial charge on any atom is 0.410 e. The topological polar surface area (TPSA) is 128 Å². The van der Waals surface area contributed by atoms with Gasteiger partial charge in [0.05, 0.1) is 28.7 Å². The van der Waals surface area contributed by atoms with Crippen LogP contribution in [0, 0.1) is 11.6 Å². The smallest absolute Gasteiger partial charge is 0.410 e. The number of halogens is 3. The molecule has 15 heteroatoms. The van der Waals surface area contributed by atoms with Crippen LogP contribution in [0.1, 0.15) is 71.1 Å². The number of aryl methyl sites for hydroxylation is 1. The molecular weight excluding hydrogens is 727 g/mol. The third-order valence-corrected chi connectivity index (χ3v) is 11.7. The number of aromatic nitrogens is 3. The summed E-state index contributed by atoms with van der Waals surface area (Å²) in [4.78, 5) is 33.9. The molecule has 2 N–H and O–H groups in total. The molecule has 4 fully saturated rings. The number of rotatable bonds is 10. The van der Waals surface area contributed by atoms with Crippen molar-refractivity contribution >= 4 is 33.6 Å². The molecule has 4 saturated heterocycles. The van der Waals surface area contributed by atoms with E-state index in [2.05, 4.69) is 4.90 Å². The summed E-state index contributed by atoms with van der Waals surface area (Å²) in [6.07, 6.45) is 2.59. The number of pyridine rings is 1. The van der Waals surface area contributed by atoms with Gasteiger partial charge in [0.1, 0.15) is 47.0 Å². The van der Waals surface area contributed by atoms with E-state index in [0.717, 1.165) is 32.2 Å². The minimum atomic E-state index is -0.960. The molecule has 6 heterocycles. The van der Waals surface area contributed by atoms with Crippen LogP contribution in [0.3, 0.4) is 0 Å². The van der Waals surface area contributed by atoms with Crippen molar-refractivity contribution in [3.63, 3.8) is 0 Å². The van der Waals surface area contributed by atoms with Crippen molar-refractivity contribution in [1.29, 1.82) is 0 Å². The van der Waals surface area contributed by atoms with Crippen molar-refractivity contribution in [3.8, 4) is 23.0 Å². The van der Waals surface area contributed by atoms with Gasteiger partial charge in [0.15, 0.2) is 12.6 Å². The number of hydrogen-bond donors (Lipinski definition) is 1. The highest BCUT2D eigenvalue weighted by atomic mass is 19.1. The molecular formula is C41H50F3N7O5. The molecule has 300 valence electrons. The van der Waals surface area contributed by atoms with Crippen molar-refractivity contribution in [2.45, 2.75) is 102 Å². The molecule has 0 radical (unpaired) electrons. The Bertz CT molecular complexity index is 2150. The van der Waals surface area contributed by atoms with Crippen LogP contribution in [0.4, 0.5) is 23.8 Å². The molecule has 2 bridgehead atoms. The van der Waals surface area contributed by atoms with Crippen LogP contribution in [0.2, 0.25) is 0 Å². The van der Waals surface area contributed by atoms with Gasteiger partial charge in [-0.2, -0.15) is 9.97 Å². The number of nitrogens with zero attached hydrogens (tertiary/aromatic N) is 6. The molecule has 4 aliphatic rings. The molecule has 56 heavy (non-hydrogen) atoms.